The summed E-state index contributed by atoms with van der Waals surface area (Å²) in [4.78, 5) is 14.3. The monoisotopic (exact) mass is 346 g/mol. The average Bonchev–Trinajstić information content (AvgIpc) is 2.69. The second kappa shape index (κ2) is 7.85. The molecular formula is C22H22N2O2. The van der Waals surface area contributed by atoms with Crippen LogP contribution in [-0.2, 0) is 4.79 Å². The molecule has 26 heavy (non-hydrogen) atoms. The van der Waals surface area contributed by atoms with Crippen molar-refractivity contribution in [1.29, 1.82) is 0 Å². The number of amides is 1. The van der Waals surface area contributed by atoms with Crippen molar-refractivity contribution in [1.82, 2.24) is 5.48 Å². The topological polar surface area (TPSA) is 52.6 Å². The van der Waals surface area contributed by atoms with Gasteiger partial charge in [0, 0.05) is 19.8 Å². The molecule has 1 atom stereocenters. The van der Waals surface area contributed by atoms with Gasteiger partial charge in [-0.1, -0.05) is 66.7 Å². The standard InChI is InChI=1S/C22H22N2O2/c1-24(2)20-14-12-19(13-15-20)21(22(25)23-26)18-10-8-17(9-11-18)16-6-4-3-5-7-16/h3-15,21,26H,1-2H3,(H,23,25). The Labute approximate surface area is 153 Å². The van der Waals surface area contributed by atoms with Gasteiger partial charge in [0.05, 0.1) is 5.92 Å². The van der Waals surface area contributed by atoms with Gasteiger partial charge in [-0.05, 0) is 34.4 Å². The van der Waals surface area contributed by atoms with Crippen molar-refractivity contribution in [3.05, 3.63) is 90.0 Å². The van der Waals surface area contributed by atoms with Crippen LogP contribution < -0.4 is 10.4 Å². The molecule has 0 bridgehead atoms. The Morgan fingerprint density at radius 3 is 1.81 bits per heavy atom. The molecule has 0 saturated heterocycles. The highest BCUT2D eigenvalue weighted by Gasteiger charge is 2.22. The minimum Gasteiger partial charge on any atom is -0.378 e. The molecule has 4 heteroatoms. The molecule has 3 aromatic carbocycles. The third-order valence-corrected chi connectivity index (χ3v) is 4.47. The molecule has 0 aliphatic rings. The Balaban J connectivity index is 1.94. The van der Waals surface area contributed by atoms with Crippen LogP contribution in [0.3, 0.4) is 0 Å². The summed E-state index contributed by atoms with van der Waals surface area (Å²) in [6, 6.07) is 25.7. The molecule has 3 aromatic rings. The number of anilines is 1. The SMILES string of the molecule is CN(C)c1ccc(C(C(=O)NO)c2ccc(-c3ccccc3)cc2)cc1. The molecule has 2 N–H and O–H groups in total. The number of rotatable bonds is 5. The average molecular weight is 346 g/mol. The van der Waals surface area contributed by atoms with E-state index in [1.165, 1.54) is 0 Å². The predicted octanol–water partition coefficient (Wildman–Crippen LogP) is 4.06. The zero-order valence-electron chi connectivity index (χ0n) is 14.9. The lowest BCUT2D eigenvalue weighted by atomic mass is 9.89. The molecule has 0 spiro atoms. The summed E-state index contributed by atoms with van der Waals surface area (Å²) in [5, 5.41) is 9.20. The molecule has 132 valence electrons. The normalized spacial score (nSPS) is 11.7. The van der Waals surface area contributed by atoms with Crippen molar-refractivity contribution in [2.24, 2.45) is 0 Å². The fraction of sp³-hybridized carbons (Fsp3) is 0.136. The van der Waals surface area contributed by atoms with Crippen LogP contribution >= 0.6 is 0 Å². The maximum Gasteiger partial charge on any atom is 0.255 e. The van der Waals surface area contributed by atoms with Crippen molar-refractivity contribution in [3.8, 4) is 11.1 Å². The number of nitrogens with one attached hydrogen (secondary N) is 1. The molecule has 0 aliphatic carbocycles. The van der Waals surface area contributed by atoms with Gasteiger partial charge in [0.25, 0.3) is 5.91 Å². The Morgan fingerprint density at radius 2 is 1.31 bits per heavy atom. The molecule has 0 fully saturated rings. The highest BCUT2D eigenvalue weighted by Crippen LogP contribution is 2.29. The Hall–Kier alpha value is -3.11. The number of carbonyl (C=O) groups excluding carboxylic acids is 1. The Kier molecular flexibility index (Phi) is 5.34. The summed E-state index contributed by atoms with van der Waals surface area (Å²) in [6.45, 7) is 0. The van der Waals surface area contributed by atoms with Crippen LogP contribution in [0.1, 0.15) is 17.0 Å². The van der Waals surface area contributed by atoms with Gasteiger partial charge in [-0.15, -0.1) is 0 Å². The van der Waals surface area contributed by atoms with Gasteiger partial charge in [0.15, 0.2) is 0 Å². The van der Waals surface area contributed by atoms with E-state index in [-0.39, 0.29) is 0 Å². The van der Waals surface area contributed by atoms with Crippen molar-refractivity contribution in [3.63, 3.8) is 0 Å². The maximum atomic E-state index is 12.3. The van der Waals surface area contributed by atoms with Crippen LogP contribution in [0.4, 0.5) is 5.69 Å². The van der Waals surface area contributed by atoms with Crippen molar-refractivity contribution in [2.45, 2.75) is 5.92 Å². The van der Waals surface area contributed by atoms with Gasteiger partial charge in [0.1, 0.15) is 0 Å². The van der Waals surface area contributed by atoms with E-state index in [4.69, 9.17) is 0 Å². The number of hydroxylamine groups is 1. The fourth-order valence-corrected chi connectivity index (χ4v) is 3.02. The number of nitrogens with zero attached hydrogens (tertiary/aromatic N) is 1. The summed E-state index contributed by atoms with van der Waals surface area (Å²) >= 11 is 0. The first kappa shape index (κ1) is 17.7. The summed E-state index contributed by atoms with van der Waals surface area (Å²) in [6.07, 6.45) is 0. The van der Waals surface area contributed by atoms with E-state index in [0.29, 0.717) is 0 Å². The Bertz CT molecular complexity index is 857. The van der Waals surface area contributed by atoms with Crippen molar-refractivity contribution >= 4 is 11.6 Å². The highest BCUT2D eigenvalue weighted by atomic mass is 16.5. The molecule has 3 rings (SSSR count). The number of carbonyl (C=O) groups is 1. The Morgan fingerprint density at radius 1 is 0.808 bits per heavy atom. The lowest BCUT2D eigenvalue weighted by molar-refractivity contribution is -0.129. The molecule has 1 amide bonds. The van der Waals surface area contributed by atoms with Gasteiger partial charge in [0.2, 0.25) is 0 Å². The van der Waals surface area contributed by atoms with Crippen LogP contribution in [0.25, 0.3) is 11.1 Å². The largest absolute Gasteiger partial charge is 0.378 e. The molecular weight excluding hydrogens is 324 g/mol. The summed E-state index contributed by atoms with van der Waals surface area (Å²) in [7, 11) is 3.93. The number of benzene rings is 3. The number of hydrogen-bond donors (Lipinski definition) is 2. The zero-order chi connectivity index (χ0) is 18.5. The summed E-state index contributed by atoms with van der Waals surface area (Å²) < 4.78 is 0. The highest BCUT2D eigenvalue weighted by molar-refractivity contribution is 5.86. The van der Waals surface area contributed by atoms with Crippen LogP contribution in [-0.4, -0.2) is 25.2 Å². The third-order valence-electron chi connectivity index (χ3n) is 4.47. The van der Waals surface area contributed by atoms with E-state index in [1.807, 2.05) is 97.9 Å². The molecule has 0 saturated carbocycles. The molecule has 0 aliphatic heterocycles. The molecule has 0 radical (unpaired) electrons. The first-order chi connectivity index (χ1) is 12.6. The van der Waals surface area contributed by atoms with Gasteiger partial charge in [-0.3, -0.25) is 10.0 Å². The van der Waals surface area contributed by atoms with Crippen LogP contribution in [0, 0.1) is 0 Å². The minimum atomic E-state index is -0.568. The van der Waals surface area contributed by atoms with E-state index in [2.05, 4.69) is 0 Å². The van der Waals surface area contributed by atoms with Gasteiger partial charge in [-0.2, -0.15) is 0 Å². The van der Waals surface area contributed by atoms with E-state index >= 15 is 0 Å². The molecule has 0 heterocycles. The third kappa shape index (κ3) is 3.76. The smallest absolute Gasteiger partial charge is 0.255 e. The predicted molar refractivity (Wildman–Crippen MR) is 104 cm³/mol. The first-order valence-corrected chi connectivity index (χ1v) is 8.47. The quantitative estimate of drug-likeness (QED) is 0.541. The van der Waals surface area contributed by atoms with Crippen LogP contribution in [0.5, 0.6) is 0 Å². The van der Waals surface area contributed by atoms with E-state index in [0.717, 1.165) is 27.9 Å². The van der Waals surface area contributed by atoms with Crippen molar-refractivity contribution in [2.75, 3.05) is 19.0 Å². The second-order valence-corrected chi connectivity index (χ2v) is 6.38. The van der Waals surface area contributed by atoms with E-state index in [1.54, 1.807) is 5.48 Å². The molecule has 1 unspecified atom stereocenters. The molecule has 4 nitrogen and oxygen atoms in total. The van der Waals surface area contributed by atoms with E-state index in [9.17, 15) is 10.0 Å². The van der Waals surface area contributed by atoms with Gasteiger partial charge in [-0.25, -0.2) is 5.48 Å². The van der Waals surface area contributed by atoms with Gasteiger partial charge < -0.3 is 4.90 Å². The maximum absolute atomic E-state index is 12.3. The van der Waals surface area contributed by atoms with Crippen molar-refractivity contribution < 1.29 is 10.0 Å². The van der Waals surface area contributed by atoms with Crippen LogP contribution in [0.15, 0.2) is 78.9 Å². The summed E-state index contributed by atoms with van der Waals surface area (Å²) in [5.41, 5.74) is 6.71. The number of hydrogen-bond acceptors (Lipinski definition) is 3. The molecule has 0 aromatic heterocycles. The first-order valence-electron chi connectivity index (χ1n) is 8.47. The summed E-state index contributed by atoms with van der Waals surface area (Å²) in [5.74, 6) is -1.02. The fourth-order valence-electron chi connectivity index (χ4n) is 3.02. The zero-order valence-corrected chi connectivity index (χ0v) is 14.9. The van der Waals surface area contributed by atoms with E-state index < -0.39 is 11.8 Å². The minimum absolute atomic E-state index is 0.449. The lowest BCUT2D eigenvalue weighted by Crippen LogP contribution is -2.27. The van der Waals surface area contributed by atoms with Crippen LogP contribution in [0.2, 0.25) is 0 Å². The second-order valence-electron chi connectivity index (χ2n) is 6.38. The lowest BCUT2D eigenvalue weighted by Gasteiger charge is -2.18. The van der Waals surface area contributed by atoms with Gasteiger partial charge >= 0.3 is 0 Å².